The van der Waals surface area contributed by atoms with E-state index < -0.39 is 12.0 Å². The van der Waals surface area contributed by atoms with Gasteiger partial charge in [-0.05, 0) is 50.5 Å². The smallest absolute Gasteiger partial charge is 0.338 e. The highest BCUT2D eigenvalue weighted by molar-refractivity contribution is 6.06. The molecule has 0 spiro atoms. The molecule has 1 aromatic rings. The number of piperidine rings is 1. The maximum atomic E-state index is 12.6. The average molecular weight is 372 g/mol. The molecule has 3 rings (SSSR count). The Labute approximate surface area is 158 Å². The van der Waals surface area contributed by atoms with Crippen LogP contribution in [0.25, 0.3) is 0 Å². The van der Waals surface area contributed by atoms with Crippen molar-refractivity contribution in [3.05, 3.63) is 29.8 Å². The van der Waals surface area contributed by atoms with Crippen LogP contribution < -0.4 is 10.6 Å². The molecule has 2 aliphatic rings. The van der Waals surface area contributed by atoms with Crippen LogP contribution in [0.3, 0.4) is 0 Å². The number of amides is 2. The van der Waals surface area contributed by atoms with Gasteiger partial charge < -0.3 is 15.0 Å². The Bertz CT molecular complexity index is 739. The molecule has 0 saturated carbocycles. The SMILES string of the molecule is CCOC(=O)c1ccc(NC(=O)[C@@H]2CC(=O)NC(N3CCCCC3)=N2)cc1. The number of carbonyl (C=O) groups excluding carboxylic acids is 3. The lowest BCUT2D eigenvalue weighted by atomic mass is 10.1. The maximum absolute atomic E-state index is 12.6. The largest absolute Gasteiger partial charge is 0.462 e. The van der Waals surface area contributed by atoms with Gasteiger partial charge in [-0.1, -0.05) is 0 Å². The zero-order chi connectivity index (χ0) is 19.2. The van der Waals surface area contributed by atoms with Gasteiger partial charge in [0.1, 0.15) is 6.04 Å². The fourth-order valence-electron chi connectivity index (χ4n) is 3.12. The van der Waals surface area contributed by atoms with Gasteiger partial charge in [-0.15, -0.1) is 0 Å². The second-order valence-corrected chi connectivity index (χ2v) is 6.56. The van der Waals surface area contributed by atoms with Gasteiger partial charge in [-0.2, -0.15) is 0 Å². The number of ether oxygens (including phenoxy) is 1. The number of likely N-dealkylation sites (tertiary alicyclic amines) is 1. The van der Waals surface area contributed by atoms with Crippen molar-refractivity contribution in [2.75, 3.05) is 25.0 Å². The van der Waals surface area contributed by atoms with E-state index in [9.17, 15) is 14.4 Å². The van der Waals surface area contributed by atoms with Gasteiger partial charge in [0.05, 0.1) is 18.6 Å². The van der Waals surface area contributed by atoms with Gasteiger partial charge in [0.15, 0.2) is 0 Å². The van der Waals surface area contributed by atoms with Gasteiger partial charge in [0.25, 0.3) is 0 Å². The third kappa shape index (κ3) is 4.84. The molecule has 2 heterocycles. The summed E-state index contributed by atoms with van der Waals surface area (Å²) in [6.07, 6.45) is 3.30. The highest BCUT2D eigenvalue weighted by atomic mass is 16.5. The zero-order valence-electron chi connectivity index (χ0n) is 15.4. The number of anilines is 1. The number of benzene rings is 1. The number of guanidine groups is 1. The molecule has 0 radical (unpaired) electrons. The van der Waals surface area contributed by atoms with Crippen molar-refractivity contribution in [2.45, 2.75) is 38.6 Å². The van der Waals surface area contributed by atoms with E-state index >= 15 is 0 Å². The van der Waals surface area contributed by atoms with Crippen LogP contribution in [-0.2, 0) is 14.3 Å². The summed E-state index contributed by atoms with van der Waals surface area (Å²) in [5.41, 5.74) is 0.950. The number of carbonyl (C=O) groups is 3. The van der Waals surface area contributed by atoms with E-state index in [1.807, 2.05) is 4.90 Å². The van der Waals surface area contributed by atoms with Crippen molar-refractivity contribution in [1.29, 1.82) is 0 Å². The normalized spacial score (nSPS) is 19.7. The van der Waals surface area contributed by atoms with E-state index in [-0.39, 0.29) is 18.2 Å². The molecule has 2 amide bonds. The van der Waals surface area contributed by atoms with Crippen LogP contribution >= 0.6 is 0 Å². The molecule has 8 nitrogen and oxygen atoms in total. The first-order chi connectivity index (χ1) is 13.1. The lowest BCUT2D eigenvalue weighted by Crippen LogP contribution is -2.51. The Morgan fingerprint density at radius 3 is 2.59 bits per heavy atom. The Hall–Kier alpha value is -2.90. The van der Waals surface area contributed by atoms with E-state index in [2.05, 4.69) is 15.6 Å². The van der Waals surface area contributed by atoms with Crippen LogP contribution in [0.4, 0.5) is 5.69 Å². The summed E-state index contributed by atoms with van der Waals surface area (Å²) in [7, 11) is 0. The van der Waals surface area contributed by atoms with Gasteiger partial charge >= 0.3 is 5.97 Å². The van der Waals surface area contributed by atoms with Crippen molar-refractivity contribution in [3.8, 4) is 0 Å². The third-order valence-corrected chi connectivity index (χ3v) is 4.53. The molecule has 1 atom stereocenters. The molecule has 1 saturated heterocycles. The number of rotatable bonds is 4. The number of esters is 1. The molecule has 1 fully saturated rings. The molecule has 0 aromatic heterocycles. The van der Waals surface area contributed by atoms with Gasteiger partial charge in [0.2, 0.25) is 17.8 Å². The van der Waals surface area contributed by atoms with Crippen molar-refractivity contribution in [1.82, 2.24) is 10.2 Å². The predicted molar refractivity (Wildman–Crippen MR) is 100 cm³/mol. The standard InChI is InChI=1S/C19H24N4O4/c1-2-27-18(26)13-6-8-14(9-7-13)20-17(25)15-12-16(24)22-19(21-15)23-10-4-3-5-11-23/h6-9,15H,2-5,10-12H2,1H3,(H,20,25)(H,21,22,24)/t15-/m0/s1. The fraction of sp³-hybridized carbons (Fsp3) is 0.474. The number of nitrogens with one attached hydrogen (secondary N) is 2. The Balaban J connectivity index is 1.65. The van der Waals surface area contributed by atoms with Crippen molar-refractivity contribution in [3.63, 3.8) is 0 Å². The summed E-state index contributed by atoms with van der Waals surface area (Å²) < 4.78 is 4.93. The molecule has 0 aliphatic carbocycles. The summed E-state index contributed by atoms with van der Waals surface area (Å²) in [5, 5.41) is 5.53. The molecule has 1 aromatic carbocycles. The van der Waals surface area contributed by atoms with E-state index in [4.69, 9.17) is 4.74 Å². The molecule has 2 aliphatic heterocycles. The van der Waals surface area contributed by atoms with E-state index in [1.54, 1.807) is 31.2 Å². The van der Waals surface area contributed by atoms with Crippen molar-refractivity contribution in [2.24, 2.45) is 4.99 Å². The third-order valence-electron chi connectivity index (χ3n) is 4.53. The molecule has 27 heavy (non-hydrogen) atoms. The molecular weight excluding hydrogens is 348 g/mol. The summed E-state index contributed by atoms with van der Waals surface area (Å²) >= 11 is 0. The van der Waals surface area contributed by atoms with E-state index in [0.717, 1.165) is 25.9 Å². The van der Waals surface area contributed by atoms with Gasteiger partial charge in [-0.25, -0.2) is 9.79 Å². The second kappa shape index (κ2) is 8.66. The maximum Gasteiger partial charge on any atom is 0.338 e. The highest BCUT2D eigenvalue weighted by Crippen LogP contribution is 2.15. The fourth-order valence-corrected chi connectivity index (χ4v) is 3.12. The molecule has 0 bridgehead atoms. The summed E-state index contributed by atoms with van der Waals surface area (Å²) in [5.74, 6) is -0.467. The summed E-state index contributed by atoms with van der Waals surface area (Å²) in [4.78, 5) is 42.7. The summed E-state index contributed by atoms with van der Waals surface area (Å²) in [6, 6.07) is 5.66. The van der Waals surface area contributed by atoms with E-state index in [1.165, 1.54) is 6.42 Å². The van der Waals surface area contributed by atoms with Crippen LogP contribution in [0, 0.1) is 0 Å². The average Bonchev–Trinajstić information content (AvgIpc) is 2.69. The van der Waals surface area contributed by atoms with Crippen LogP contribution in [0.2, 0.25) is 0 Å². The van der Waals surface area contributed by atoms with Crippen molar-refractivity contribution >= 4 is 29.4 Å². The minimum absolute atomic E-state index is 0.0179. The predicted octanol–water partition coefficient (Wildman–Crippen LogP) is 1.53. The lowest BCUT2D eigenvalue weighted by Gasteiger charge is -2.32. The Morgan fingerprint density at radius 2 is 1.93 bits per heavy atom. The number of hydrogen-bond acceptors (Lipinski definition) is 6. The number of aliphatic imine (C=N–C) groups is 1. The van der Waals surface area contributed by atoms with E-state index in [0.29, 0.717) is 23.8 Å². The molecule has 2 N–H and O–H groups in total. The first-order valence-corrected chi connectivity index (χ1v) is 9.27. The summed E-state index contributed by atoms with van der Waals surface area (Å²) in [6.45, 7) is 3.72. The quantitative estimate of drug-likeness (QED) is 0.781. The Kier molecular flexibility index (Phi) is 6.05. The molecule has 8 heteroatoms. The minimum Gasteiger partial charge on any atom is -0.462 e. The van der Waals surface area contributed by atoms with Crippen LogP contribution in [0.15, 0.2) is 29.3 Å². The molecule has 0 unspecified atom stereocenters. The lowest BCUT2D eigenvalue weighted by molar-refractivity contribution is -0.125. The number of hydrogen-bond donors (Lipinski definition) is 2. The van der Waals surface area contributed by atoms with Crippen LogP contribution in [0.1, 0.15) is 43.0 Å². The van der Waals surface area contributed by atoms with Crippen molar-refractivity contribution < 1.29 is 19.1 Å². The highest BCUT2D eigenvalue weighted by Gasteiger charge is 2.29. The topological polar surface area (TPSA) is 100 Å². The van der Waals surface area contributed by atoms with Gasteiger partial charge in [-0.3, -0.25) is 14.9 Å². The zero-order valence-corrected chi connectivity index (χ0v) is 15.4. The first-order valence-electron chi connectivity index (χ1n) is 9.27. The van der Waals surface area contributed by atoms with Gasteiger partial charge in [0, 0.05) is 18.8 Å². The first kappa shape index (κ1) is 18.9. The monoisotopic (exact) mass is 372 g/mol. The minimum atomic E-state index is -0.764. The second-order valence-electron chi connectivity index (χ2n) is 6.56. The Morgan fingerprint density at radius 1 is 1.22 bits per heavy atom. The number of nitrogens with zero attached hydrogens (tertiary/aromatic N) is 2. The van der Waals surface area contributed by atoms with Crippen LogP contribution in [-0.4, -0.2) is 54.4 Å². The van der Waals surface area contributed by atoms with Crippen LogP contribution in [0.5, 0.6) is 0 Å². The molecular formula is C19H24N4O4. The molecule has 144 valence electrons.